The maximum Gasteiger partial charge on any atom is 0.257 e. The summed E-state index contributed by atoms with van der Waals surface area (Å²) in [5, 5.41) is 5.90. The van der Waals surface area contributed by atoms with Gasteiger partial charge in [0.2, 0.25) is 0 Å². The van der Waals surface area contributed by atoms with Crippen LogP contribution in [0.2, 0.25) is 0 Å². The minimum atomic E-state index is -1.94. The lowest BCUT2D eigenvalue weighted by atomic mass is 10.2. The molecule has 8 heteroatoms. The van der Waals surface area contributed by atoms with Gasteiger partial charge in [-0.1, -0.05) is 18.2 Å². The van der Waals surface area contributed by atoms with Crippen LogP contribution in [0.3, 0.4) is 0 Å². The van der Waals surface area contributed by atoms with E-state index in [1.54, 1.807) is 45.6 Å². The van der Waals surface area contributed by atoms with E-state index in [-0.39, 0.29) is 5.91 Å². The third-order valence-electron chi connectivity index (χ3n) is 2.88. The van der Waals surface area contributed by atoms with Crippen molar-refractivity contribution in [2.24, 2.45) is 0 Å². The lowest BCUT2D eigenvalue weighted by Crippen LogP contribution is -2.39. The Morgan fingerprint density at radius 1 is 1.14 bits per heavy atom. The summed E-state index contributed by atoms with van der Waals surface area (Å²) in [6.45, 7) is 0.582. The number of carbonyl (C=O) groups excluding carboxylic acids is 1. The molecule has 124 valence electrons. The fraction of sp³-hybridized carbons (Fsp3) is 0.429. The molecule has 6 nitrogen and oxygen atoms in total. The van der Waals surface area contributed by atoms with Crippen LogP contribution in [0.5, 0.6) is 0 Å². The van der Waals surface area contributed by atoms with Gasteiger partial charge in [-0.2, -0.15) is 0 Å². The smallest absolute Gasteiger partial charge is 0.257 e. The van der Waals surface area contributed by atoms with Gasteiger partial charge in [-0.05, 0) is 30.8 Å². The van der Waals surface area contributed by atoms with Gasteiger partial charge < -0.3 is 5.32 Å². The molecule has 0 spiro atoms. The van der Waals surface area contributed by atoms with Crippen LogP contribution >= 0.6 is 23.1 Å². The molecule has 22 heavy (non-hydrogen) atoms. The van der Waals surface area contributed by atoms with Crippen molar-refractivity contribution in [3.63, 3.8) is 0 Å². The molecule has 0 heterocycles. The molecule has 0 radical (unpaired) electrons. The Hall–Kier alpha value is -1.19. The van der Waals surface area contributed by atoms with Gasteiger partial charge in [0.25, 0.3) is 5.91 Å². The van der Waals surface area contributed by atoms with Crippen LogP contribution in [-0.2, 0) is 12.5 Å². The van der Waals surface area contributed by atoms with Crippen LogP contribution in [-0.4, -0.2) is 44.6 Å². The van der Waals surface area contributed by atoms with E-state index in [4.69, 9.17) is 24.8 Å². The highest BCUT2D eigenvalue weighted by molar-refractivity contribution is 8.21. The molecule has 0 aliphatic heterocycles. The van der Waals surface area contributed by atoms with Crippen LogP contribution in [0, 0.1) is 0 Å². The van der Waals surface area contributed by atoms with Crippen molar-refractivity contribution in [2.45, 2.75) is 6.42 Å². The molecule has 2 N–H and O–H groups in total. The summed E-state index contributed by atoms with van der Waals surface area (Å²) >= 11 is 5.09. The second-order valence-corrected chi connectivity index (χ2v) is 7.12. The molecule has 0 unspecified atom stereocenters. The number of nitrogens with one attached hydrogen (secondary N) is 2. The number of amides is 1. The molecule has 1 aromatic rings. The minimum absolute atomic E-state index is 0.233. The predicted octanol–water partition coefficient (Wildman–Crippen LogP) is 2.17. The quantitative estimate of drug-likeness (QED) is 0.555. The summed E-state index contributed by atoms with van der Waals surface area (Å²) in [7, 11) is 2.72. The van der Waals surface area contributed by atoms with E-state index in [1.165, 1.54) is 0 Å². The molecule has 1 amide bonds. The number of carbonyl (C=O) groups is 1. The second-order valence-electron chi connectivity index (χ2n) is 4.19. The van der Waals surface area contributed by atoms with Gasteiger partial charge in [0.05, 0.1) is 32.2 Å². The molecule has 0 aliphatic rings. The van der Waals surface area contributed by atoms with E-state index in [0.29, 0.717) is 23.0 Å². The van der Waals surface area contributed by atoms with E-state index in [9.17, 15) is 4.79 Å². The molecule has 0 aromatic heterocycles. The van der Waals surface area contributed by atoms with Crippen LogP contribution in [0.15, 0.2) is 30.3 Å². The number of hydrogen-bond donors (Lipinski definition) is 2. The molecular formula is C14H22N2O4S2. The molecule has 0 bridgehead atoms. The third kappa shape index (κ3) is 5.90. The van der Waals surface area contributed by atoms with E-state index in [0.717, 1.165) is 6.42 Å². The second kappa shape index (κ2) is 9.75. The van der Waals surface area contributed by atoms with Crippen LogP contribution < -0.4 is 10.6 Å². The molecule has 0 atom stereocenters. The maximum absolute atomic E-state index is 11.9. The van der Waals surface area contributed by atoms with Crippen molar-refractivity contribution in [1.82, 2.24) is 10.6 Å². The normalized spacial score (nSPS) is 11.8. The van der Waals surface area contributed by atoms with Crippen molar-refractivity contribution in [3.8, 4) is 0 Å². The topological polar surface area (TPSA) is 68.8 Å². The Kier molecular flexibility index (Phi) is 8.36. The number of rotatable bonds is 8. The summed E-state index contributed by atoms with van der Waals surface area (Å²) < 4.78 is 15.8. The Morgan fingerprint density at radius 2 is 1.73 bits per heavy atom. The van der Waals surface area contributed by atoms with Gasteiger partial charge >= 0.3 is 0 Å². The SMILES string of the molecule is COS(CCCNC(=S)NC(=O)c1ccccc1)(OC)OC. The highest BCUT2D eigenvalue weighted by Crippen LogP contribution is 2.49. The summed E-state index contributed by atoms with van der Waals surface area (Å²) in [4.78, 5) is 11.9. The first-order valence-electron chi connectivity index (χ1n) is 6.69. The van der Waals surface area contributed by atoms with Gasteiger partial charge in [-0.3, -0.25) is 22.7 Å². The zero-order chi connectivity index (χ0) is 16.4. The summed E-state index contributed by atoms with van der Waals surface area (Å²) in [6.07, 6.45) is 0.728. The Bertz CT molecular complexity index is 473. The fourth-order valence-corrected chi connectivity index (χ4v) is 3.31. The Balaban J connectivity index is 2.31. The van der Waals surface area contributed by atoms with Gasteiger partial charge in [0.15, 0.2) is 5.11 Å². The maximum atomic E-state index is 11.9. The van der Waals surface area contributed by atoms with Crippen molar-refractivity contribution >= 4 is 34.1 Å². The first kappa shape index (κ1) is 18.9. The molecule has 0 saturated carbocycles. The molecule has 1 rings (SSSR count). The summed E-state index contributed by atoms with van der Waals surface area (Å²) in [5.41, 5.74) is 0.563. The van der Waals surface area contributed by atoms with Crippen molar-refractivity contribution in [3.05, 3.63) is 35.9 Å². The monoisotopic (exact) mass is 346 g/mol. The average Bonchev–Trinajstić information content (AvgIpc) is 2.56. The molecular weight excluding hydrogens is 324 g/mol. The zero-order valence-corrected chi connectivity index (χ0v) is 14.6. The van der Waals surface area contributed by atoms with Crippen molar-refractivity contribution < 1.29 is 17.3 Å². The van der Waals surface area contributed by atoms with Crippen LogP contribution in [0.25, 0.3) is 0 Å². The number of hydrogen-bond acceptors (Lipinski definition) is 5. The van der Waals surface area contributed by atoms with Gasteiger partial charge in [0.1, 0.15) is 0 Å². The molecule has 0 saturated heterocycles. The Morgan fingerprint density at radius 3 is 2.27 bits per heavy atom. The third-order valence-corrected chi connectivity index (χ3v) is 5.44. The summed E-state index contributed by atoms with van der Waals surface area (Å²) in [5.74, 6) is 0.377. The molecule has 1 aromatic carbocycles. The number of benzene rings is 1. The van der Waals surface area contributed by atoms with Gasteiger partial charge in [-0.15, -0.1) is 0 Å². The zero-order valence-electron chi connectivity index (χ0n) is 13.0. The fourth-order valence-electron chi connectivity index (χ4n) is 1.71. The average molecular weight is 346 g/mol. The van der Waals surface area contributed by atoms with E-state index in [2.05, 4.69) is 10.6 Å². The van der Waals surface area contributed by atoms with Crippen molar-refractivity contribution in [2.75, 3.05) is 33.6 Å². The highest BCUT2D eigenvalue weighted by atomic mass is 32.3. The molecule has 0 aliphatic carbocycles. The number of thiocarbonyl (C=S) groups is 1. The van der Waals surface area contributed by atoms with Crippen LogP contribution in [0.4, 0.5) is 0 Å². The van der Waals surface area contributed by atoms with E-state index < -0.39 is 10.9 Å². The van der Waals surface area contributed by atoms with E-state index >= 15 is 0 Å². The van der Waals surface area contributed by atoms with Gasteiger partial charge in [0, 0.05) is 17.9 Å². The van der Waals surface area contributed by atoms with E-state index in [1.807, 2.05) is 6.07 Å². The van der Waals surface area contributed by atoms with Crippen molar-refractivity contribution in [1.29, 1.82) is 0 Å². The lowest BCUT2D eigenvalue weighted by Gasteiger charge is -2.33. The first-order chi connectivity index (χ1) is 10.6. The molecule has 0 fully saturated rings. The Labute approximate surface area is 138 Å². The van der Waals surface area contributed by atoms with Crippen LogP contribution in [0.1, 0.15) is 16.8 Å². The largest absolute Gasteiger partial charge is 0.362 e. The van der Waals surface area contributed by atoms with Gasteiger partial charge in [-0.25, -0.2) is 0 Å². The minimum Gasteiger partial charge on any atom is -0.362 e. The first-order valence-corrected chi connectivity index (χ1v) is 8.67. The lowest BCUT2D eigenvalue weighted by molar-refractivity contribution is 0.0976. The summed E-state index contributed by atoms with van der Waals surface area (Å²) in [6, 6.07) is 8.90. The predicted molar refractivity (Wildman–Crippen MR) is 92.6 cm³/mol. The standard InChI is InChI=1S/C14H22N2O4S2/c1-18-22(19-2,20-3)11-7-10-15-14(21)16-13(17)12-8-5-4-6-9-12/h4-6,8-9H,7,10-11H2,1-3H3,(H2,15,16,17,21). The highest BCUT2D eigenvalue weighted by Gasteiger charge is 2.22.